The number of nitrogens with one attached hydrogen (secondary N) is 1. The van der Waals surface area contributed by atoms with Gasteiger partial charge in [0.25, 0.3) is 0 Å². The molecule has 134 valence electrons. The van der Waals surface area contributed by atoms with Crippen LogP contribution in [0.15, 0.2) is 42.5 Å². The Bertz CT molecular complexity index is 738. The molecule has 0 radical (unpaired) electrons. The Morgan fingerprint density at radius 1 is 1.16 bits per heavy atom. The molecule has 0 spiro atoms. The van der Waals surface area contributed by atoms with Gasteiger partial charge in [-0.15, -0.1) is 0 Å². The molecule has 1 amide bonds. The summed E-state index contributed by atoms with van der Waals surface area (Å²) in [5.74, 6) is 0.371. The van der Waals surface area contributed by atoms with Crippen molar-refractivity contribution in [2.75, 3.05) is 18.9 Å². The van der Waals surface area contributed by atoms with Crippen molar-refractivity contribution in [1.29, 1.82) is 0 Å². The number of phenolic OH excluding ortho intramolecular Hbond substituents is 1. The Balaban J connectivity index is 1.88. The van der Waals surface area contributed by atoms with Gasteiger partial charge in [0, 0.05) is 5.69 Å². The lowest BCUT2D eigenvalue weighted by molar-refractivity contribution is 0.0520. The Morgan fingerprint density at radius 3 is 2.52 bits per heavy atom. The molecule has 0 atom stereocenters. The van der Waals surface area contributed by atoms with E-state index in [-0.39, 0.29) is 18.9 Å². The number of alkyl carbamates (subject to hydrolysis) is 1. The molecule has 0 aliphatic heterocycles. The van der Waals surface area contributed by atoms with E-state index in [0.29, 0.717) is 11.4 Å². The molecule has 0 heterocycles. The zero-order valence-electron chi connectivity index (χ0n) is 14.7. The molecule has 0 fully saturated rings. The smallest absolute Gasteiger partial charge is 0.407 e. The van der Waals surface area contributed by atoms with Crippen molar-refractivity contribution in [3.05, 3.63) is 42.5 Å². The van der Waals surface area contributed by atoms with Crippen molar-refractivity contribution in [2.24, 2.45) is 0 Å². The first kappa shape index (κ1) is 18.4. The highest BCUT2D eigenvalue weighted by Crippen LogP contribution is 2.32. The van der Waals surface area contributed by atoms with E-state index < -0.39 is 11.7 Å². The van der Waals surface area contributed by atoms with Gasteiger partial charge in [-0.3, -0.25) is 0 Å². The lowest BCUT2D eigenvalue weighted by Crippen LogP contribution is -2.34. The van der Waals surface area contributed by atoms with E-state index in [2.05, 4.69) is 5.32 Å². The van der Waals surface area contributed by atoms with Gasteiger partial charge in [0.2, 0.25) is 0 Å². The van der Waals surface area contributed by atoms with E-state index in [1.54, 1.807) is 39.0 Å². The number of hydrogen-bond donors (Lipinski definition) is 3. The number of nitrogens with two attached hydrogens (primary N) is 1. The van der Waals surface area contributed by atoms with Gasteiger partial charge >= 0.3 is 6.09 Å². The fraction of sp³-hybridized carbons (Fsp3) is 0.316. The average molecular weight is 344 g/mol. The first-order chi connectivity index (χ1) is 11.7. The van der Waals surface area contributed by atoms with Crippen LogP contribution >= 0.6 is 0 Å². The summed E-state index contributed by atoms with van der Waals surface area (Å²) in [4.78, 5) is 11.5. The Kier molecular flexibility index (Phi) is 5.75. The molecular formula is C19H24N2O4. The number of ether oxygens (including phenoxy) is 2. The molecule has 6 nitrogen and oxygen atoms in total. The molecule has 0 unspecified atom stereocenters. The minimum atomic E-state index is -0.542. The standard InChI is InChI=1S/C19H24N2O4/c1-19(2,3)25-18(23)21-9-10-24-17-8-7-14(12-16(17)22)13-5-4-6-15(20)11-13/h4-8,11-12,22H,9-10,20H2,1-3H3,(H,21,23). The van der Waals surface area contributed by atoms with Crippen molar-refractivity contribution in [2.45, 2.75) is 26.4 Å². The zero-order chi connectivity index (χ0) is 18.4. The van der Waals surface area contributed by atoms with Crippen molar-refractivity contribution in [3.8, 4) is 22.6 Å². The first-order valence-electron chi connectivity index (χ1n) is 8.03. The number of carbonyl (C=O) groups excluding carboxylic acids is 1. The van der Waals surface area contributed by atoms with Crippen LogP contribution in [0.3, 0.4) is 0 Å². The van der Waals surface area contributed by atoms with Crippen LogP contribution in [-0.4, -0.2) is 30.0 Å². The fourth-order valence-corrected chi connectivity index (χ4v) is 2.17. The lowest BCUT2D eigenvalue weighted by atomic mass is 10.0. The van der Waals surface area contributed by atoms with Crippen LogP contribution in [0.4, 0.5) is 10.5 Å². The molecule has 0 bridgehead atoms. The summed E-state index contributed by atoms with van der Waals surface area (Å²) in [6, 6.07) is 12.5. The number of phenols is 1. The van der Waals surface area contributed by atoms with Crippen LogP contribution in [0.25, 0.3) is 11.1 Å². The molecule has 0 saturated carbocycles. The Morgan fingerprint density at radius 2 is 1.88 bits per heavy atom. The maximum absolute atomic E-state index is 11.5. The van der Waals surface area contributed by atoms with E-state index >= 15 is 0 Å². The molecule has 2 aromatic carbocycles. The topological polar surface area (TPSA) is 93.8 Å². The molecule has 0 aliphatic carbocycles. The number of rotatable bonds is 5. The maximum Gasteiger partial charge on any atom is 0.407 e. The van der Waals surface area contributed by atoms with Crippen molar-refractivity contribution in [1.82, 2.24) is 5.32 Å². The minimum Gasteiger partial charge on any atom is -0.504 e. The van der Waals surface area contributed by atoms with E-state index in [1.165, 1.54) is 0 Å². The van der Waals surface area contributed by atoms with Gasteiger partial charge in [-0.2, -0.15) is 0 Å². The number of benzene rings is 2. The summed E-state index contributed by atoms with van der Waals surface area (Å²) >= 11 is 0. The van der Waals surface area contributed by atoms with Crippen LogP contribution in [0.1, 0.15) is 20.8 Å². The molecule has 25 heavy (non-hydrogen) atoms. The molecule has 0 aromatic heterocycles. The highest BCUT2D eigenvalue weighted by molar-refractivity contribution is 5.70. The van der Waals surface area contributed by atoms with Gasteiger partial charge in [-0.25, -0.2) is 4.79 Å². The van der Waals surface area contributed by atoms with Crippen LogP contribution in [-0.2, 0) is 4.74 Å². The molecule has 4 N–H and O–H groups in total. The SMILES string of the molecule is CC(C)(C)OC(=O)NCCOc1ccc(-c2cccc(N)c2)cc1O. The monoisotopic (exact) mass is 344 g/mol. The zero-order valence-corrected chi connectivity index (χ0v) is 14.7. The fourth-order valence-electron chi connectivity index (χ4n) is 2.17. The van der Waals surface area contributed by atoms with Gasteiger partial charge in [-0.1, -0.05) is 18.2 Å². The summed E-state index contributed by atoms with van der Waals surface area (Å²) in [5, 5.41) is 12.7. The van der Waals surface area contributed by atoms with E-state index in [0.717, 1.165) is 11.1 Å². The predicted octanol–water partition coefficient (Wildman–Crippen LogP) is 3.54. The molecule has 0 aliphatic rings. The normalized spacial score (nSPS) is 11.0. The highest BCUT2D eigenvalue weighted by atomic mass is 16.6. The largest absolute Gasteiger partial charge is 0.504 e. The lowest BCUT2D eigenvalue weighted by Gasteiger charge is -2.19. The molecule has 0 saturated heterocycles. The highest BCUT2D eigenvalue weighted by Gasteiger charge is 2.15. The third-order valence-corrected chi connectivity index (χ3v) is 3.21. The van der Waals surface area contributed by atoms with E-state index in [4.69, 9.17) is 15.2 Å². The number of nitrogen functional groups attached to an aromatic ring is 1. The van der Waals surface area contributed by atoms with Crippen LogP contribution < -0.4 is 15.8 Å². The van der Waals surface area contributed by atoms with Gasteiger partial charge in [-0.05, 0) is 56.2 Å². The van der Waals surface area contributed by atoms with Crippen LogP contribution in [0, 0.1) is 0 Å². The maximum atomic E-state index is 11.5. The number of aromatic hydroxyl groups is 1. The summed E-state index contributed by atoms with van der Waals surface area (Å²) < 4.78 is 10.6. The van der Waals surface area contributed by atoms with Gasteiger partial charge in [0.15, 0.2) is 11.5 Å². The Labute approximate surface area is 147 Å². The number of anilines is 1. The summed E-state index contributed by atoms with van der Waals surface area (Å²) in [7, 11) is 0. The third-order valence-electron chi connectivity index (χ3n) is 3.21. The minimum absolute atomic E-state index is 0.0252. The van der Waals surface area contributed by atoms with Gasteiger partial charge < -0.3 is 25.6 Å². The van der Waals surface area contributed by atoms with Crippen LogP contribution in [0.2, 0.25) is 0 Å². The molecule has 6 heteroatoms. The molecule has 2 rings (SSSR count). The predicted molar refractivity (Wildman–Crippen MR) is 97.7 cm³/mol. The third kappa shape index (κ3) is 5.91. The summed E-state index contributed by atoms with van der Waals surface area (Å²) in [6.07, 6.45) is -0.502. The summed E-state index contributed by atoms with van der Waals surface area (Å²) in [5.41, 5.74) is 7.64. The second-order valence-corrected chi connectivity index (χ2v) is 6.59. The molecular weight excluding hydrogens is 320 g/mol. The quantitative estimate of drug-likeness (QED) is 0.570. The van der Waals surface area contributed by atoms with Crippen molar-refractivity contribution in [3.63, 3.8) is 0 Å². The number of hydrogen-bond acceptors (Lipinski definition) is 5. The van der Waals surface area contributed by atoms with Crippen molar-refractivity contribution < 1.29 is 19.4 Å². The first-order valence-corrected chi connectivity index (χ1v) is 8.03. The van der Waals surface area contributed by atoms with Crippen molar-refractivity contribution >= 4 is 11.8 Å². The van der Waals surface area contributed by atoms with E-state index in [9.17, 15) is 9.90 Å². The second-order valence-electron chi connectivity index (χ2n) is 6.59. The van der Waals surface area contributed by atoms with Gasteiger partial charge in [0.05, 0.1) is 6.54 Å². The number of amides is 1. The summed E-state index contributed by atoms with van der Waals surface area (Å²) in [6.45, 7) is 5.87. The average Bonchev–Trinajstić information content (AvgIpc) is 2.51. The van der Waals surface area contributed by atoms with E-state index in [1.807, 2.05) is 24.3 Å². The Hall–Kier alpha value is -2.89. The molecule has 2 aromatic rings. The second kappa shape index (κ2) is 7.79. The van der Waals surface area contributed by atoms with Gasteiger partial charge in [0.1, 0.15) is 12.2 Å². The number of carbonyl (C=O) groups is 1. The van der Waals surface area contributed by atoms with Crippen LogP contribution in [0.5, 0.6) is 11.5 Å².